The van der Waals surface area contributed by atoms with Gasteiger partial charge >= 0.3 is 0 Å². The van der Waals surface area contributed by atoms with Crippen LogP contribution in [0, 0.1) is 5.92 Å². The molecule has 0 spiro atoms. The van der Waals surface area contributed by atoms with Gasteiger partial charge in [0.05, 0.1) is 0 Å². The van der Waals surface area contributed by atoms with Crippen LogP contribution in [0.5, 0.6) is 0 Å². The molecule has 4 heteroatoms. The van der Waals surface area contributed by atoms with Gasteiger partial charge < -0.3 is 14.7 Å². The van der Waals surface area contributed by atoms with Crippen LogP contribution < -0.4 is 0 Å². The summed E-state index contributed by atoms with van der Waals surface area (Å²) in [6.45, 7) is 12.7. The van der Waals surface area contributed by atoms with Crippen LogP contribution in [-0.2, 0) is 32.7 Å². The van der Waals surface area contributed by atoms with E-state index in [0.717, 1.165) is 5.92 Å². The molecule has 2 aliphatic rings. The molecule has 0 aromatic carbocycles. The van der Waals surface area contributed by atoms with Gasteiger partial charge in [0.2, 0.25) is 0 Å². The summed E-state index contributed by atoms with van der Waals surface area (Å²) in [6, 6.07) is 0. The van der Waals surface area contributed by atoms with Gasteiger partial charge in [-0.3, -0.25) is 0 Å². The average molecular weight is 328 g/mol. The van der Waals surface area contributed by atoms with E-state index in [1.807, 2.05) is 0 Å². The Bertz CT molecular complexity index is 209. The summed E-state index contributed by atoms with van der Waals surface area (Å²) in [7, 11) is 2.24. The molecule has 1 radical (unpaired) electrons. The van der Waals surface area contributed by atoms with Crippen molar-refractivity contribution in [3.05, 3.63) is 0 Å². The number of likely N-dealkylation sites (N-methyl/N-ethyl adjacent to an activating group) is 1. The summed E-state index contributed by atoms with van der Waals surface area (Å²) in [5.41, 5.74) is 0. The first-order valence-corrected chi connectivity index (χ1v) is 7.41. The maximum atomic E-state index is 2.68. The number of likely N-dealkylation sites (tertiary alicyclic amines) is 1. The monoisotopic (exact) mass is 328 g/mol. The maximum Gasteiger partial charge on any atom is 0.0110 e. The van der Waals surface area contributed by atoms with Crippen LogP contribution in [0.15, 0.2) is 0 Å². The van der Waals surface area contributed by atoms with E-state index < -0.39 is 0 Å². The molecule has 3 nitrogen and oxygen atoms in total. The zero-order valence-electron chi connectivity index (χ0n) is 12.3. The Morgan fingerprint density at radius 1 is 0.889 bits per heavy atom. The van der Waals surface area contributed by atoms with Gasteiger partial charge in [-0.2, -0.15) is 0 Å². The molecule has 18 heavy (non-hydrogen) atoms. The van der Waals surface area contributed by atoms with Crippen LogP contribution in [-0.4, -0.2) is 74.1 Å². The third-order valence-electron chi connectivity index (χ3n) is 4.36. The second kappa shape index (κ2) is 9.02. The first-order valence-electron chi connectivity index (χ1n) is 7.41. The molecule has 0 atom stereocenters. The summed E-state index contributed by atoms with van der Waals surface area (Å²) in [6.07, 6.45) is 4.15. The molecule has 0 aromatic heterocycles. The smallest absolute Gasteiger partial charge is 0.0110 e. The first kappa shape index (κ1) is 17.0. The standard InChI is InChI=1S/C14H29N3.Y/c1-3-6-16-7-4-14(5-8-16)13-17-11-9-15(2)10-12-17;/h14H,3-13H2,1-2H3;. The molecular weight excluding hydrogens is 299 g/mol. The molecule has 2 rings (SSSR count). The van der Waals surface area contributed by atoms with Gasteiger partial charge in [0.1, 0.15) is 0 Å². The van der Waals surface area contributed by atoms with Gasteiger partial charge in [-0.15, -0.1) is 0 Å². The van der Waals surface area contributed by atoms with E-state index in [1.165, 1.54) is 71.6 Å². The molecule has 0 aromatic rings. The van der Waals surface area contributed by atoms with E-state index in [-0.39, 0.29) is 32.7 Å². The van der Waals surface area contributed by atoms with Gasteiger partial charge in [0.15, 0.2) is 0 Å². The summed E-state index contributed by atoms with van der Waals surface area (Å²) >= 11 is 0. The van der Waals surface area contributed by atoms with Gasteiger partial charge in [-0.05, 0) is 51.9 Å². The van der Waals surface area contributed by atoms with Crippen molar-refractivity contribution < 1.29 is 32.7 Å². The Labute approximate surface area is 138 Å². The maximum absolute atomic E-state index is 2.68. The molecule has 2 fully saturated rings. The van der Waals surface area contributed by atoms with E-state index in [4.69, 9.17) is 0 Å². The van der Waals surface area contributed by atoms with Gasteiger partial charge in [0, 0.05) is 65.4 Å². The minimum absolute atomic E-state index is 0. The number of nitrogens with zero attached hydrogens (tertiary/aromatic N) is 3. The van der Waals surface area contributed by atoms with Crippen molar-refractivity contribution in [3.63, 3.8) is 0 Å². The summed E-state index contributed by atoms with van der Waals surface area (Å²) in [4.78, 5) is 7.76. The van der Waals surface area contributed by atoms with Crippen LogP contribution in [0.4, 0.5) is 0 Å². The first-order chi connectivity index (χ1) is 8.28. The van der Waals surface area contributed by atoms with E-state index >= 15 is 0 Å². The molecule has 0 unspecified atom stereocenters. The minimum atomic E-state index is 0. The number of piperazine rings is 1. The average Bonchev–Trinajstić information content (AvgIpc) is 2.35. The van der Waals surface area contributed by atoms with Crippen LogP contribution in [0.2, 0.25) is 0 Å². The van der Waals surface area contributed by atoms with Crippen LogP contribution in [0.25, 0.3) is 0 Å². The van der Waals surface area contributed by atoms with E-state index in [0.29, 0.717) is 0 Å². The van der Waals surface area contributed by atoms with E-state index in [2.05, 4.69) is 28.7 Å². The van der Waals surface area contributed by atoms with Gasteiger partial charge in [-0.1, -0.05) is 6.92 Å². The molecule has 0 aliphatic carbocycles. The van der Waals surface area contributed by atoms with Crippen LogP contribution in [0.3, 0.4) is 0 Å². The van der Waals surface area contributed by atoms with Crippen molar-refractivity contribution >= 4 is 0 Å². The molecule has 0 bridgehead atoms. The van der Waals surface area contributed by atoms with Crippen molar-refractivity contribution in [1.82, 2.24) is 14.7 Å². The predicted molar refractivity (Wildman–Crippen MR) is 73.4 cm³/mol. The SMILES string of the molecule is CCCN1CCC(CN2CCN(C)CC2)CC1.[Y]. The Morgan fingerprint density at radius 2 is 1.50 bits per heavy atom. The third-order valence-corrected chi connectivity index (χ3v) is 4.36. The Balaban J connectivity index is 0.00000162. The topological polar surface area (TPSA) is 9.72 Å². The molecule has 2 aliphatic heterocycles. The van der Waals surface area contributed by atoms with Crippen molar-refractivity contribution in [2.45, 2.75) is 26.2 Å². The van der Waals surface area contributed by atoms with Crippen LogP contribution >= 0.6 is 0 Å². The molecular formula is C14H29N3Y. The van der Waals surface area contributed by atoms with E-state index in [1.54, 1.807) is 0 Å². The zero-order valence-corrected chi connectivity index (χ0v) is 15.1. The Morgan fingerprint density at radius 3 is 2.06 bits per heavy atom. The fourth-order valence-electron chi connectivity index (χ4n) is 3.10. The Hall–Kier alpha value is 0.984. The zero-order chi connectivity index (χ0) is 12.1. The minimum Gasteiger partial charge on any atom is -0.304 e. The predicted octanol–water partition coefficient (Wildman–Crippen LogP) is 1.35. The largest absolute Gasteiger partial charge is 0.304 e. The molecule has 2 saturated heterocycles. The fourth-order valence-corrected chi connectivity index (χ4v) is 3.10. The quantitative estimate of drug-likeness (QED) is 0.771. The van der Waals surface area contributed by atoms with E-state index in [9.17, 15) is 0 Å². The molecule has 0 amide bonds. The van der Waals surface area contributed by atoms with Crippen LogP contribution in [0.1, 0.15) is 26.2 Å². The summed E-state index contributed by atoms with van der Waals surface area (Å²) in [5.74, 6) is 0.964. The van der Waals surface area contributed by atoms with Crippen molar-refractivity contribution in [2.75, 3.05) is 59.4 Å². The fraction of sp³-hybridized carbons (Fsp3) is 1.00. The molecule has 0 N–H and O–H groups in total. The normalized spacial score (nSPS) is 25.0. The van der Waals surface area contributed by atoms with Crippen molar-refractivity contribution in [1.29, 1.82) is 0 Å². The second-order valence-corrected chi connectivity index (χ2v) is 5.89. The Kier molecular flexibility index (Phi) is 8.54. The molecule has 103 valence electrons. The van der Waals surface area contributed by atoms with Crippen molar-refractivity contribution in [3.8, 4) is 0 Å². The summed E-state index contributed by atoms with van der Waals surface area (Å²) < 4.78 is 0. The molecule has 0 saturated carbocycles. The number of rotatable bonds is 4. The number of hydrogen-bond acceptors (Lipinski definition) is 3. The van der Waals surface area contributed by atoms with Gasteiger partial charge in [-0.25, -0.2) is 0 Å². The number of hydrogen-bond donors (Lipinski definition) is 0. The number of piperidine rings is 1. The third kappa shape index (κ3) is 5.54. The molecule has 2 heterocycles. The van der Waals surface area contributed by atoms with Crippen molar-refractivity contribution in [2.24, 2.45) is 5.92 Å². The second-order valence-electron chi connectivity index (χ2n) is 5.89. The summed E-state index contributed by atoms with van der Waals surface area (Å²) in [5, 5.41) is 0. The van der Waals surface area contributed by atoms with Gasteiger partial charge in [0.25, 0.3) is 0 Å².